The molecule has 0 spiro atoms. The van der Waals surface area contributed by atoms with Crippen molar-refractivity contribution in [3.8, 4) is 5.75 Å². The molecule has 2 atom stereocenters. The van der Waals surface area contributed by atoms with Crippen LogP contribution in [0, 0.1) is 0 Å². The highest BCUT2D eigenvalue weighted by Crippen LogP contribution is 2.17. The second-order valence-electron chi connectivity index (χ2n) is 4.47. The van der Waals surface area contributed by atoms with Crippen LogP contribution >= 0.6 is 11.6 Å². The van der Waals surface area contributed by atoms with E-state index < -0.39 is 0 Å². The van der Waals surface area contributed by atoms with Gasteiger partial charge in [-0.1, -0.05) is 18.5 Å². The van der Waals surface area contributed by atoms with Crippen LogP contribution in [0.15, 0.2) is 24.3 Å². The maximum Gasteiger partial charge on any atom is 0.119 e. The minimum atomic E-state index is 0.204. The Morgan fingerprint density at radius 2 is 1.88 bits per heavy atom. The van der Waals surface area contributed by atoms with Crippen molar-refractivity contribution >= 4 is 11.6 Å². The van der Waals surface area contributed by atoms with Gasteiger partial charge in [0.15, 0.2) is 0 Å². The zero-order chi connectivity index (χ0) is 12.7. The molecule has 0 aliphatic carbocycles. The van der Waals surface area contributed by atoms with Crippen molar-refractivity contribution in [2.24, 2.45) is 0 Å². The molecule has 0 aliphatic heterocycles. The Kier molecular flexibility index (Phi) is 6.38. The molecule has 0 aromatic heterocycles. The number of hydrogen-bond donors (Lipinski definition) is 1. The van der Waals surface area contributed by atoms with E-state index in [1.165, 1.54) is 0 Å². The maximum absolute atomic E-state index is 5.82. The van der Waals surface area contributed by atoms with Gasteiger partial charge in [0, 0.05) is 11.1 Å². The fourth-order valence-electron chi connectivity index (χ4n) is 1.77. The van der Waals surface area contributed by atoms with Gasteiger partial charge in [-0.2, -0.15) is 0 Å². The van der Waals surface area contributed by atoms with E-state index in [1.54, 1.807) is 0 Å². The molecule has 1 aromatic carbocycles. The summed E-state index contributed by atoms with van der Waals surface area (Å²) < 4.78 is 5.82. The third-order valence-electron chi connectivity index (χ3n) is 2.58. The molecule has 96 valence electrons. The summed E-state index contributed by atoms with van der Waals surface area (Å²) in [4.78, 5) is 0. The minimum Gasteiger partial charge on any atom is -0.491 e. The first-order valence-electron chi connectivity index (χ1n) is 6.27. The molecule has 1 rings (SSSR count). The van der Waals surface area contributed by atoms with E-state index in [2.05, 4.69) is 26.1 Å². The first kappa shape index (κ1) is 14.3. The molecule has 1 N–H and O–H groups in total. The number of halogens is 1. The van der Waals surface area contributed by atoms with Crippen LogP contribution in [0.5, 0.6) is 5.75 Å². The number of rotatable bonds is 7. The zero-order valence-electron chi connectivity index (χ0n) is 10.9. The summed E-state index contributed by atoms with van der Waals surface area (Å²) in [5.41, 5.74) is 0. The molecular formula is C14H22ClNO. The summed E-state index contributed by atoms with van der Waals surface area (Å²) in [5.74, 6) is 0.879. The quantitative estimate of drug-likeness (QED) is 0.798. The molecule has 0 radical (unpaired) electrons. The lowest BCUT2D eigenvalue weighted by Crippen LogP contribution is -2.31. The van der Waals surface area contributed by atoms with E-state index in [9.17, 15) is 0 Å². The SMILES string of the molecule is CCCNC(C)CC(C)Oc1ccc(Cl)cc1. The van der Waals surface area contributed by atoms with Crippen molar-refractivity contribution in [1.82, 2.24) is 5.32 Å². The van der Waals surface area contributed by atoms with Crippen LogP contribution in [0.4, 0.5) is 0 Å². The summed E-state index contributed by atoms with van der Waals surface area (Å²) >= 11 is 5.82. The molecule has 2 unspecified atom stereocenters. The molecule has 0 fully saturated rings. The minimum absolute atomic E-state index is 0.204. The van der Waals surface area contributed by atoms with Gasteiger partial charge in [0.1, 0.15) is 5.75 Å². The summed E-state index contributed by atoms with van der Waals surface area (Å²) in [7, 11) is 0. The Morgan fingerprint density at radius 3 is 2.47 bits per heavy atom. The lowest BCUT2D eigenvalue weighted by molar-refractivity contribution is 0.196. The Morgan fingerprint density at radius 1 is 1.24 bits per heavy atom. The lowest BCUT2D eigenvalue weighted by Gasteiger charge is -2.19. The van der Waals surface area contributed by atoms with Crippen LogP contribution in [-0.2, 0) is 0 Å². The molecule has 17 heavy (non-hydrogen) atoms. The highest BCUT2D eigenvalue weighted by molar-refractivity contribution is 6.30. The van der Waals surface area contributed by atoms with Gasteiger partial charge in [0.2, 0.25) is 0 Å². The first-order valence-corrected chi connectivity index (χ1v) is 6.65. The fraction of sp³-hybridized carbons (Fsp3) is 0.571. The monoisotopic (exact) mass is 255 g/mol. The van der Waals surface area contributed by atoms with Crippen LogP contribution in [0.25, 0.3) is 0 Å². The lowest BCUT2D eigenvalue weighted by atomic mass is 10.1. The molecule has 2 nitrogen and oxygen atoms in total. The second kappa shape index (κ2) is 7.57. The molecule has 0 bridgehead atoms. The Hall–Kier alpha value is -0.730. The van der Waals surface area contributed by atoms with Gasteiger partial charge in [-0.3, -0.25) is 0 Å². The van der Waals surface area contributed by atoms with E-state index in [1.807, 2.05) is 24.3 Å². The Balaban J connectivity index is 2.33. The van der Waals surface area contributed by atoms with E-state index >= 15 is 0 Å². The van der Waals surface area contributed by atoms with E-state index in [-0.39, 0.29) is 6.10 Å². The van der Waals surface area contributed by atoms with Gasteiger partial charge in [0.25, 0.3) is 0 Å². The summed E-state index contributed by atoms with van der Waals surface area (Å²) in [6, 6.07) is 7.99. The standard InChI is InChI=1S/C14H22ClNO/c1-4-9-16-11(2)10-12(3)17-14-7-5-13(15)6-8-14/h5-8,11-12,16H,4,9-10H2,1-3H3. The number of benzene rings is 1. The van der Waals surface area contributed by atoms with Gasteiger partial charge >= 0.3 is 0 Å². The van der Waals surface area contributed by atoms with E-state index in [4.69, 9.17) is 16.3 Å². The topological polar surface area (TPSA) is 21.3 Å². The summed E-state index contributed by atoms with van der Waals surface area (Å²) in [5, 5.41) is 4.20. The smallest absolute Gasteiger partial charge is 0.119 e. The average Bonchev–Trinajstić information content (AvgIpc) is 2.29. The van der Waals surface area contributed by atoms with Crippen LogP contribution in [-0.4, -0.2) is 18.7 Å². The average molecular weight is 256 g/mol. The predicted octanol–water partition coefficient (Wildman–Crippen LogP) is 3.89. The van der Waals surface area contributed by atoms with Gasteiger partial charge in [-0.15, -0.1) is 0 Å². The molecule has 1 aromatic rings. The third-order valence-corrected chi connectivity index (χ3v) is 2.83. The molecule has 0 heterocycles. The fourth-order valence-corrected chi connectivity index (χ4v) is 1.89. The van der Waals surface area contributed by atoms with Crippen molar-refractivity contribution in [2.45, 2.75) is 45.8 Å². The van der Waals surface area contributed by atoms with Gasteiger partial charge in [-0.05, 0) is 57.5 Å². The molecule has 0 saturated carbocycles. The first-order chi connectivity index (χ1) is 8.11. The molecule has 0 saturated heterocycles. The highest BCUT2D eigenvalue weighted by atomic mass is 35.5. The van der Waals surface area contributed by atoms with Gasteiger partial charge in [-0.25, -0.2) is 0 Å². The van der Waals surface area contributed by atoms with E-state index in [0.29, 0.717) is 6.04 Å². The van der Waals surface area contributed by atoms with Crippen LogP contribution in [0.1, 0.15) is 33.6 Å². The number of nitrogens with one attached hydrogen (secondary N) is 1. The summed E-state index contributed by atoms with van der Waals surface area (Å²) in [6.45, 7) is 7.53. The van der Waals surface area contributed by atoms with Gasteiger partial charge in [0.05, 0.1) is 6.10 Å². The van der Waals surface area contributed by atoms with Crippen molar-refractivity contribution in [1.29, 1.82) is 0 Å². The zero-order valence-corrected chi connectivity index (χ0v) is 11.6. The van der Waals surface area contributed by atoms with Crippen molar-refractivity contribution in [3.05, 3.63) is 29.3 Å². The van der Waals surface area contributed by atoms with Crippen LogP contribution in [0.2, 0.25) is 5.02 Å². The second-order valence-corrected chi connectivity index (χ2v) is 4.91. The number of ether oxygens (including phenoxy) is 1. The normalized spacial score (nSPS) is 14.4. The van der Waals surface area contributed by atoms with Crippen molar-refractivity contribution < 1.29 is 4.74 Å². The molecule has 0 amide bonds. The largest absolute Gasteiger partial charge is 0.491 e. The Bertz CT molecular complexity index is 313. The van der Waals surface area contributed by atoms with Crippen LogP contribution < -0.4 is 10.1 Å². The molecular weight excluding hydrogens is 234 g/mol. The third kappa shape index (κ3) is 5.94. The van der Waals surface area contributed by atoms with Crippen molar-refractivity contribution in [3.63, 3.8) is 0 Å². The predicted molar refractivity (Wildman–Crippen MR) is 73.9 cm³/mol. The van der Waals surface area contributed by atoms with Gasteiger partial charge < -0.3 is 10.1 Å². The van der Waals surface area contributed by atoms with Crippen LogP contribution in [0.3, 0.4) is 0 Å². The Labute approximate surface area is 109 Å². The van der Waals surface area contributed by atoms with E-state index in [0.717, 1.165) is 30.2 Å². The number of hydrogen-bond acceptors (Lipinski definition) is 2. The van der Waals surface area contributed by atoms with Crippen molar-refractivity contribution in [2.75, 3.05) is 6.54 Å². The highest BCUT2D eigenvalue weighted by Gasteiger charge is 2.09. The maximum atomic E-state index is 5.82. The molecule has 3 heteroatoms. The summed E-state index contributed by atoms with van der Waals surface area (Å²) in [6.07, 6.45) is 2.37. The molecule has 0 aliphatic rings.